The minimum atomic E-state index is -4.48. The number of carbonyl (C=O) groups is 1. The van der Waals surface area contributed by atoms with Crippen LogP contribution in [0.1, 0.15) is 11.1 Å². The molecule has 0 spiro atoms. The molecule has 2 aromatic rings. The van der Waals surface area contributed by atoms with Crippen LogP contribution in [-0.2, 0) is 22.4 Å². The van der Waals surface area contributed by atoms with Gasteiger partial charge in [-0.25, -0.2) is 5.48 Å². The first-order chi connectivity index (χ1) is 11.0. The van der Waals surface area contributed by atoms with Gasteiger partial charge in [0.15, 0.2) is 0 Å². The molecule has 1 aromatic heterocycles. The third kappa shape index (κ3) is 5.57. The fourth-order valence-electron chi connectivity index (χ4n) is 1.68. The van der Waals surface area contributed by atoms with Crippen molar-refractivity contribution in [1.29, 1.82) is 0 Å². The fourth-order valence-corrected chi connectivity index (χ4v) is 2.50. The molecule has 0 bridgehead atoms. The van der Waals surface area contributed by atoms with Crippen molar-refractivity contribution in [3.63, 3.8) is 0 Å². The molecule has 0 unspecified atom stereocenters. The summed E-state index contributed by atoms with van der Waals surface area (Å²) in [5.74, 6) is -0.730. The maximum atomic E-state index is 12.8. The van der Waals surface area contributed by atoms with Gasteiger partial charge in [-0.2, -0.15) is 13.2 Å². The number of aromatic nitrogens is 1. The number of benzene rings is 1. The molecule has 2 rings (SSSR count). The van der Waals surface area contributed by atoms with Gasteiger partial charge in [-0.05, 0) is 11.6 Å². The highest BCUT2D eigenvalue weighted by Gasteiger charge is 2.33. The van der Waals surface area contributed by atoms with Gasteiger partial charge in [0.05, 0.1) is 17.9 Å². The Morgan fingerprint density at radius 2 is 1.96 bits per heavy atom. The van der Waals surface area contributed by atoms with Crippen LogP contribution in [0.2, 0.25) is 0 Å². The Balaban J connectivity index is 1.81. The Kier molecular flexibility index (Phi) is 6.00. The number of pyridine rings is 1. The average molecular weight is 342 g/mol. The zero-order chi connectivity index (χ0) is 16.7. The van der Waals surface area contributed by atoms with Gasteiger partial charge in [0.25, 0.3) is 5.91 Å². The number of hydrogen-bond donors (Lipinski definition) is 1. The molecule has 0 aliphatic carbocycles. The lowest BCUT2D eigenvalue weighted by molar-refractivity contribution is -0.140. The van der Waals surface area contributed by atoms with Crippen LogP contribution in [0.4, 0.5) is 13.2 Å². The van der Waals surface area contributed by atoms with Crippen molar-refractivity contribution in [2.45, 2.75) is 17.7 Å². The van der Waals surface area contributed by atoms with E-state index in [0.717, 1.165) is 35.8 Å². The van der Waals surface area contributed by atoms with Gasteiger partial charge in [0.1, 0.15) is 0 Å². The van der Waals surface area contributed by atoms with E-state index in [2.05, 4.69) is 10.5 Å². The number of carbonyl (C=O) groups excluding carboxylic acids is 1. The van der Waals surface area contributed by atoms with Crippen molar-refractivity contribution < 1.29 is 22.8 Å². The van der Waals surface area contributed by atoms with Crippen LogP contribution < -0.4 is 5.48 Å². The van der Waals surface area contributed by atoms with Gasteiger partial charge in [-0.3, -0.25) is 14.6 Å². The molecule has 8 heteroatoms. The van der Waals surface area contributed by atoms with Gasteiger partial charge >= 0.3 is 6.18 Å². The van der Waals surface area contributed by atoms with E-state index in [4.69, 9.17) is 4.84 Å². The molecule has 0 fully saturated rings. The highest BCUT2D eigenvalue weighted by Crippen LogP contribution is 2.35. The monoisotopic (exact) mass is 342 g/mol. The van der Waals surface area contributed by atoms with E-state index in [9.17, 15) is 18.0 Å². The van der Waals surface area contributed by atoms with E-state index in [-0.39, 0.29) is 17.3 Å². The van der Waals surface area contributed by atoms with Crippen molar-refractivity contribution in [3.05, 3.63) is 59.9 Å². The summed E-state index contributed by atoms with van der Waals surface area (Å²) < 4.78 is 38.4. The van der Waals surface area contributed by atoms with E-state index in [1.807, 2.05) is 30.3 Å². The molecular formula is C15H13F3N2O2S. The molecule has 1 N–H and O–H groups in total. The molecule has 0 aliphatic heterocycles. The molecular weight excluding hydrogens is 329 g/mol. The smallest absolute Gasteiger partial charge is 0.272 e. The molecule has 0 radical (unpaired) electrons. The van der Waals surface area contributed by atoms with Crippen molar-refractivity contribution in [3.8, 4) is 0 Å². The van der Waals surface area contributed by atoms with Gasteiger partial charge < -0.3 is 0 Å². The molecule has 0 saturated heterocycles. The SMILES string of the molecule is O=C(CSc1cnccc1C(F)(F)F)NOCc1ccccc1. The summed E-state index contributed by atoms with van der Waals surface area (Å²) in [6.07, 6.45) is -2.33. The largest absolute Gasteiger partial charge is 0.417 e. The first-order valence-electron chi connectivity index (χ1n) is 6.55. The Labute approximate surface area is 135 Å². The van der Waals surface area contributed by atoms with Crippen molar-refractivity contribution in [2.24, 2.45) is 0 Å². The molecule has 1 heterocycles. The third-order valence-corrected chi connectivity index (χ3v) is 3.76. The van der Waals surface area contributed by atoms with Crippen molar-refractivity contribution in [2.75, 3.05) is 5.75 Å². The molecule has 0 aliphatic rings. The average Bonchev–Trinajstić information content (AvgIpc) is 2.53. The molecule has 23 heavy (non-hydrogen) atoms. The third-order valence-electron chi connectivity index (χ3n) is 2.72. The Bertz CT molecular complexity index is 651. The van der Waals surface area contributed by atoms with Crippen molar-refractivity contribution in [1.82, 2.24) is 10.5 Å². The molecule has 0 saturated carbocycles. The summed E-state index contributed by atoms with van der Waals surface area (Å²) >= 11 is 0.754. The van der Waals surface area contributed by atoms with Crippen LogP contribution in [-0.4, -0.2) is 16.6 Å². The fraction of sp³-hybridized carbons (Fsp3) is 0.200. The number of rotatable bonds is 6. The standard InChI is InChI=1S/C15H13F3N2O2S/c16-15(17,18)12-6-7-19-8-13(12)23-10-14(21)20-22-9-11-4-2-1-3-5-11/h1-8H,9-10H2,(H,20,21). The molecule has 0 atom stereocenters. The summed E-state index contributed by atoms with van der Waals surface area (Å²) in [5.41, 5.74) is 2.26. The predicted octanol–water partition coefficient (Wildman–Crippen LogP) is 3.44. The van der Waals surface area contributed by atoms with Crippen LogP contribution in [0.25, 0.3) is 0 Å². The quantitative estimate of drug-likeness (QED) is 0.645. The normalized spacial score (nSPS) is 11.3. The number of alkyl halides is 3. The molecule has 4 nitrogen and oxygen atoms in total. The minimum absolute atomic E-state index is 0.0989. The first-order valence-corrected chi connectivity index (χ1v) is 7.54. The van der Waals surface area contributed by atoms with Gasteiger partial charge in [-0.1, -0.05) is 30.3 Å². The van der Waals surface area contributed by atoms with Gasteiger partial charge in [0, 0.05) is 17.3 Å². The van der Waals surface area contributed by atoms with Crippen LogP contribution in [0, 0.1) is 0 Å². The van der Waals surface area contributed by atoms with Gasteiger partial charge in [0.2, 0.25) is 0 Å². The van der Waals surface area contributed by atoms with E-state index in [1.54, 1.807) is 0 Å². The maximum Gasteiger partial charge on any atom is 0.417 e. The summed E-state index contributed by atoms with van der Waals surface area (Å²) in [4.78, 5) is 20.2. The highest BCUT2D eigenvalue weighted by atomic mass is 32.2. The summed E-state index contributed by atoms with van der Waals surface area (Å²) in [5, 5.41) is 0. The van der Waals surface area contributed by atoms with E-state index < -0.39 is 17.6 Å². The lowest BCUT2D eigenvalue weighted by Gasteiger charge is -2.11. The van der Waals surface area contributed by atoms with Crippen LogP contribution in [0.15, 0.2) is 53.7 Å². The second kappa shape index (κ2) is 7.98. The predicted molar refractivity (Wildman–Crippen MR) is 79.3 cm³/mol. The van der Waals surface area contributed by atoms with Crippen LogP contribution >= 0.6 is 11.8 Å². The number of nitrogens with zero attached hydrogens (tertiary/aromatic N) is 1. The van der Waals surface area contributed by atoms with Crippen LogP contribution in [0.5, 0.6) is 0 Å². The summed E-state index contributed by atoms with van der Waals surface area (Å²) in [6, 6.07) is 10.0. The molecule has 122 valence electrons. The number of halogens is 3. The summed E-state index contributed by atoms with van der Waals surface area (Å²) in [7, 11) is 0. The Morgan fingerprint density at radius 3 is 2.65 bits per heavy atom. The lowest BCUT2D eigenvalue weighted by Crippen LogP contribution is -2.25. The molecule has 1 aromatic carbocycles. The number of thioether (sulfide) groups is 1. The topological polar surface area (TPSA) is 51.2 Å². The highest BCUT2D eigenvalue weighted by molar-refractivity contribution is 8.00. The second-order valence-electron chi connectivity index (χ2n) is 4.46. The number of hydrogen-bond acceptors (Lipinski definition) is 4. The zero-order valence-corrected chi connectivity index (χ0v) is 12.7. The van der Waals surface area contributed by atoms with E-state index >= 15 is 0 Å². The number of hydroxylamine groups is 1. The zero-order valence-electron chi connectivity index (χ0n) is 11.8. The number of amides is 1. The van der Waals surface area contributed by atoms with Gasteiger partial charge in [-0.15, -0.1) is 11.8 Å². The Morgan fingerprint density at radius 1 is 1.22 bits per heavy atom. The first kappa shape index (κ1) is 17.3. The van der Waals surface area contributed by atoms with Crippen LogP contribution in [0.3, 0.4) is 0 Å². The van der Waals surface area contributed by atoms with E-state index in [0.29, 0.717) is 0 Å². The lowest BCUT2D eigenvalue weighted by atomic mass is 10.2. The van der Waals surface area contributed by atoms with Crippen molar-refractivity contribution >= 4 is 17.7 Å². The maximum absolute atomic E-state index is 12.8. The van der Waals surface area contributed by atoms with E-state index in [1.165, 1.54) is 0 Å². The molecule has 1 amide bonds. The minimum Gasteiger partial charge on any atom is -0.272 e. The Hall–Kier alpha value is -2.06. The summed E-state index contributed by atoms with van der Waals surface area (Å²) in [6.45, 7) is 0.179. The second-order valence-corrected chi connectivity index (χ2v) is 5.47. The number of nitrogens with one attached hydrogen (secondary N) is 1.